The third-order valence-electron chi connectivity index (χ3n) is 0.857. The van der Waals surface area contributed by atoms with Crippen LogP contribution < -0.4 is 0 Å². The van der Waals surface area contributed by atoms with Crippen molar-refractivity contribution in [1.82, 2.24) is 0 Å². The average molecular weight is 153 g/mol. The third kappa shape index (κ3) is 6.09. The minimum Gasteiger partial charge on any atom is -0.356 e. The van der Waals surface area contributed by atoms with Gasteiger partial charge in [0.25, 0.3) is 0 Å². The first-order valence-corrected chi connectivity index (χ1v) is 3.60. The van der Waals surface area contributed by atoms with Gasteiger partial charge < -0.3 is 9.47 Å². The van der Waals surface area contributed by atoms with Crippen molar-refractivity contribution in [3.63, 3.8) is 0 Å². The molecule has 0 spiro atoms. The van der Waals surface area contributed by atoms with E-state index in [1.54, 1.807) is 0 Å². The zero-order valence-electron chi connectivity index (χ0n) is 5.89. The standard InChI is InChI=1S/C6H13ClO2/c1-3-8-5-9-6(2)4-7/h6H,3-5H2,1-2H3. The molecular weight excluding hydrogens is 140 g/mol. The Morgan fingerprint density at radius 2 is 2.22 bits per heavy atom. The highest BCUT2D eigenvalue weighted by atomic mass is 35.5. The number of hydrogen-bond donors (Lipinski definition) is 0. The minimum atomic E-state index is 0.0956. The van der Waals surface area contributed by atoms with Crippen molar-refractivity contribution in [2.75, 3.05) is 19.3 Å². The van der Waals surface area contributed by atoms with E-state index in [0.717, 1.165) is 0 Å². The molecule has 0 aliphatic heterocycles. The minimum absolute atomic E-state index is 0.0956. The van der Waals surface area contributed by atoms with Crippen molar-refractivity contribution in [3.8, 4) is 0 Å². The van der Waals surface area contributed by atoms with E-state index in [2.05, 4.69) is 0 Å². The van der Waals surface area contributed by atoms with E-state index in [1.807, 2.05) is 13.8 Å². The second kappa shape index (κ2) is 6.33. The van der Waals surface area contributed by atoms with E-state index in [9.17, 15) is 0 Å². The summed E-state index contributed by atoms with van der Waals surface area (Å²) >= 11 is 5.45. The maximum absolute atomic E-state index is 5.45. The lowest BCUT2D eigenvalue weighted by atomic mass is 10.5. The summed E-state index contributed by atoms with van der Waals surface area (Å²) in [5, 5.41) is 0. The molecule has 0 aromatic carbocycles. The van der Waals surface area contributed by atoms with E-state index in [4.69, 9.17) is 21.1 Å². The van der Waals surface area contributed by atoms with Crippen molar-refractivity contribution in [1.29, 1.82) is 0 Å². The first-order valence-electron chi connectivity index (χ1n) is 3.06. The normalized spacial score (nSPS) is 13.7. The Hall–Kier alpha value is 0.210. The topological polar surface area (TPSA) is 18.5 Å². The molecule has 0 aliphatic carbocycles. The lowest BCUT2D eigenvalue weighted by Gasteiger charge is -2.07. The molecule has 1 unspecified atom stereocenters. The first kappa shape index (κ1) is 9.21. The van der Waals surface area contributed by atoms with Gasteiger partial charge in [0.2, 0.25) is 0 Å². The quantitative estimate of drug-likeness (QED) is 0.339. The Morgan fingerprint density at radius 1 is 1.56 bits per heavy atom. The summed E-state index contributed by atoms with van der Waals surface area (Å²) in [5.41, 5.74) is 0. The van der Waals surface area contributed by atoms with Gasteiger partial charge in [0.05, 0.1) is 6.10 Å². The average Bonchev–Trinajstić information content (AvgIpc) is 1.89. The van der Waals surface area contributed by atoms with Gasteiger partial charge in [-0.3, -0.25) is 0 Å². The molecule has 0 fully saturated rings. The molecule has 3 heteroatoms. The molecular formula is C6H13ClO2. The van der Waals surface area contributed by atoms with Crippen molar-refractivity contribution >= 4 is 11.6 Å². The molecule has 0 aromatic rings. The van der Waals surface area contributed by atoms with Crippen LogP contribution in [0.25, 0.3) is 0 Å². The smallest absolute Gasteiger partial charge is 0.147 e. The Kier molecular flexibility index (Phi) is 6.48. The van der Waals surface area contributed by atoms with Gasteiger partial charge in [-0.2, -0.15) is 0 Å². The second-order valence-corrected chi connectivity index (χ2v) is 2.05. The summed E-state index contributed by atoms with van der Waals surface area (Å²) in [6.45, 7) is 4.88. The predicted octanol–water partition coefficient (Wildman–Crippen LogP) is 1.62. The van der Waals surface area contributed by atoms with Gasteiger partial charge in [-0.1, -0.05) is 0 Å². The Bertz CT molecular complexity index is 59.0. The molecule has 0 aromatic heterocycles. The number of halogens is 1. The number of hydrogen-bond acceptors (Lipinski definition) is 2. The summed E-state index contributed by atoms with van der Waals surface area (Å²) < 4.78 is 10.0. The highest BCUT2D eigenvalue weighted by Crippen LogP contribution is 1.92. The van der Waals surface area contributed by atoms with Gasteiger partial charge in [-0.05, 0) is 13.8 Å². The van der Waals surface area contributed by atoms with Crippen molar-refractivity contribution in [2.24, 2.45) is 0 Å². The first-order chi connectivity index (χ1) is 4.31. The SMILES string of the molecule is CCOCOC(C)CCl. The molecule has 0 aliphatic rings. The Labute approximate surface area is 61.1 Å². The Balaban J connectivity index is 2.88. The molecule has 0 rings (SSSR count). The summed E-state index contributed by atoms with van der Waals surface area (Å²) in [5.74, 6) is 0.521. The van der Waals surface area contributed by atoms with E-state index >= 15 is 0 Å². The van der Waals surface area contributed by atoms with Gasteiger partial charge in [-0.25, -0.2) is 0 Å². The van der Waals surface area contributed by atoms with Gasteiger partial charge in [0.1, 0.15) is 6.79 Å². The molecule has 0 N–H and O–H groups in total. The Morgan fingerprint density at radius 3 is 2.67 bits per heavy atom. The molecule has 0 bridgehead atoms. The lowest BCUT2D eigenvalue weighted by Crippen LogP contribution is -2.12. The van der Waals surface area contributed by atoms with Crippen LogP contribution in [-0.2, 0) is 9.47 Å². The summed E-state index contributed by atoms with van der Waals surface area (Å²) in [6, 6.07) is 0. The molecule has 0 heterocycles. The van der Waals surface area contributed by atoms with Crippen LogP contribution in [0.4, 0.5) is 0 Å². The molecule has 0 radical (unpaired) electrons. The maximum atomic E-state index is 5.45. The van der Waals surface area contributed by atoms with Gasteiger partial charge in [0.15, 0.2) is 0 Å². The number of alkyl halides is 1. The van der Waals surface area contributed by atoms with Crippen LogP contribution in [-0.4, -0.2) is 25.4 Å². The summed E-state index contributed by atoms with van der Waals surface area (Å²) in [7, 11) is 0. The molecule has 0 saturated carbocycles. The predicted molar refractivity (Wildman–Crippen MR) is 37.8 cm³/mol. The zero-order valence-corrected chi connectivity index (χ0v) is 6.65. The number of ether oxygens (including phenoxy) is 2. The van der Waals surface area contributed by atoms with Crippen LogP contribution in [0.5, 0.6) is 0 Å². The molecule has 2 nitrogen and oxygen atoms in total. The van der Waals surface area contributed by atoms with Crippen molar-refractivity contribution < 1.29 is 9.47 Å². The van der Waals surface area contributed by atoms with E-state index in [1.165, 1.54) is 0 Å². The molecule has 0 amide bonds. The van der Waals surface area contributed by atoms with Gasteiger partial charge in [0, 0.05) is 12.5 Å². The largest absolute Gasteiger partial charge is 0.356 e. The fourth-order valence-electron chi connectivity index (χ4n) is 0.292. The van der Waals surface area contributed by atoms with Gasteiger partial charge in [-0.15, -0.1) is 11.6 Å². The number of rotatable bonds is 5. The van der Waals surface area contributed by atoms with Crippen LogP contribution in [0.1, 0.15) is 13.8 Å². The lowest BCUT2D eigenvalue weighted by molar-refractivity contribution is -0.0735. The summed E-state index contributed by atoms with van der Waals surface area (Å²) in [6.07, 6.45) is 0.0956. The third-order valence-corrected chi connectivity index (χ3v) is 1.29. The molecule has 0 saturated heterocycles. The fraction of sp³-hybridized carbons (Fsp3) is 1.00. The highest BCUT2D eigenvalue weighted by molar-refractivity contribution is 6.18. The van der Waals surface area contributed by atoms with E-state index in [-0.39, 0.29) is 6.10 Å². The van der Waals surface area contributed by atoms with Crippen molar-refractivity contribution in [2.45, 2.75) is 20.0 Å². The van der Waals surface area contributed by atoms with Crippen LogP contribution in [0.2, 0.25) is 0 Å². The van der Waals surface area contributed by atoms with E-state index in [0.29, 0.717) is 19.3 Å². The van der Waals surface area contributed by atoms with Crippen molar-refractivity contribution in [3.05, 3.63) is 0 Å². The van der Waals surface area contributed by atoms with Crippen LogP contribution in [0.3, 0.4) is 0 Å². The maximum Gasteiger partial charge on any atom is 0.147 e. The second-order valence-electron chi connectivity index (χ2n) is 1.74. The molecule has 56 valence electrons. The van der Waals surface area contributed by atoms with Crippen LogP contribution in [0.15, 0.2) is 0 Å². The van der Waals surface area contributed by atoms with E-state index < -0.39 is 0 Å². The monoisotopic (exact) mass is 152 g/mol. The highest BCUT2D eigenvalue weighted by Gasteiger charge is 1.96. The zero-order chi connectivity index (χ0) is 7.11. The van der Waals surface area contributed by atoms with Crippen LogP contribution >= 0.6 is 11.6 Å². The molecule has 9 heavy (non-hydrogen) atoms. The summed E-state index contributed by atoms with van der Waals surface area (Å²) in [4.78, 5) is 0. The van der Waals surface area contributed by atoms with Crippen LogP contribution in [0, 0.1) is 0 Å². The van der Waals surface area contributed by atoms with Gasteiger partial charge >= 0.3 is 0 Å². The fourth-order valence-corrected chi connectivity index (χ4v) is 0.381. The molecule has 1 atom stereocenters.